The fraction of sp³-hybridized carbons (Fsp3) is 0.350. The van der Waals surface area contributed by atoms with Crippen LogP contribution in [0.25, 0.3) is 0 Å². The number of halogens is 2. The fourth-order valence-corrected chi connectivity index (χ4v) is 3.46. The van der Waals surface area contributed by atoms with Crippen LogP contribution >= 0.6 is 15.9 Å². The summed E-state index contributed by atoms with van der Waals surface area (Å²) in [6, 6.07) is 5.94. The molecule has 1 unspecified atom stereocenters. The third-order valence-electron chi connectivity index (χ3n) is 4.83. The molecule has 0 saturated carbocycles. The summed E-state index contributed by atoms with van der Waals surface area (Å²) < 4.78 is 17.8. The maximum absolute atomic E-state index is 13.4. The van der Waals surface area contributed by atoms with E-state index in [0.29, 0.717) is 17.9 Å². The van der Waals surface area contributed by atoms with E-state index in [2.05, 4.69) is 31.4 Å². The summed E-state index contributed by atoms with van der Waals surface area (Å²) >= 11 is 3.49. The van der Waals surface area contributed by atoms with Crippen LogP contribution in [0.3, 0.4) is 0 Å². The molecular weight excluding hydrogens is 425 g/mol. The Hall–Kier alpha value is -2.48. The number of anilines is 1. The van der Waals surface area contributed by atoms with E-state index in [4.69, 9.17) is 0 Å². The van der Waals surface area contributed by atoms with Gasteiger partial charge in [0.15, 0.2) is 0 Å². The number of amides is 1. The van der Waals surface area contributed by atoms with Crippen molar-refractivity contribution in [3.8, 4) is 0 Å². The normalized spacial score (nSPS) is 12.2. The first-order valence-corrected chi connectivity index (χ1v) is 9.78. The first-order valence-electron chi connectivity index (χ1n) is 8.99. The number of rotatable bonds is 5. The smallest absolute Gasteiger partial charge is 0.249 e. The molecule has 0 aliphatic heterocycles. The first-order chi connectivity index (χ1) is 13.2. The van der Waals surface area contributed by atoms with Gasteiger partial charge < -0.3 is 5.32 Å². The van der Waals surface area contributed by atoms with Crippen molar-refractivity contribution in [2.75, 3.05) is 5.32 Å². The summed E-state index contributed by atoms with van der Waals surface area (Å²) in [6.07, 6.45) is 0. The highest BCUT2D eigenvalue weighted by Crippen LogP contribution is 2.25. The maximum atomic E-state index is 13.4. The molecule has 2 heterocycles. The van der Waals surface area contributed by atoms with E-state index >= 15 is 0 Å². The molecule has 3 rings (SSSR count). The lowest BCUT2D eigenvalue weighted by Gasteiger charge is -2.15. The van der Waals surface area contributed by atoms with Gasteiger partial charge in [-0.1, -0.05) is 12.1 Å². The Morgan fingerprint density at radius 3 is 2.50 bits per heavy atom. The minimum absolute atomic E-state index is 0.172. The lowest BCUT2D eigenvalue weighted by Crippen LogP contribution is -2.25. The van der Waals surface area contributed by atoms with Crippen molar-refractivity contribution in [1.29, 1.82) is 0 Å². The minimum atomic E-state index is -0.477. The van der Waals surface area contributed by atoms with Crippen LogP contribution in [0, 0.1) is 33.5 Å². The predicted octanol–water partition coefficient (Wildman–Crippen LogP) is 4.46. The van der Waals surface area contributed by atoms with Crippen molar-refractivity contribution in [3.63, 3.8) is 0 Å². The Bertz CT molecular complexity index is 1040. The molecule has 0 spiro atoms. The number of nitrogens with zero attached hydrogens (tertiary/aromatic N) is 4. The molecule has 1 atom stereocenters. The van der Waals surface area contributed by atoms with E-state index in [1.807, 2.05) is 40.7 Å². The van der Waals surface area contributed by atoms with Gasteiger partial charge in [0.05, 0.1) is 39.5 Å². The number of hydrogen-bond acceptors (Lipinski definition) is 3. The Balaban J connectivity index is 1.81. The Labute approximate surface area is 171 Å². The van der Waals surface area contributed by atoms with Crippen molar-refractivity contribution in [2.24, 2.45) is 0 Å². The number of hydrogen-bond donors (Lipinski definition) is 1. The van der Waals surface area contributed by atoms with Crippen molar-refractivity contribution in [2.45, 2.75) is 47.2 Å². The third kappa shape index (κ3) is 3.87. The molecule has 0 fully saturated rings. The zero-order chi connectivity index (χ0) is 20.6. The second-order valence-electron chi connectivity index (χ2n) is 6.93. The molecule has 0 bridgehead atoms. The van der Waals surface area contributed by atoms with Crippen molar-refractivity contribution in [3.05, 3.63) is 62.9 Å². The fourth-order valence-electron chi connectivity index (χ4n) is 3.20. The number of nitrogens with one attached hydrogen (secondary N) is 1. The molecule has 6 nitrogen and oxygen atoms in total. The molecule has 1 N–H and O–H groups in total. The van der Waals surface area contributed by atoms with Crippen LogP contribution in [0.1, 0.15) is 41.3 Å². The molecular formula is C20H23BrFN5O. The highest BCUT2D eigenvalue weighted by molar-refractivity contribution is 9.10. The summed E-state index contributed by atoms with van der Waals surface area (Å²) in [5, 5.41) is 11.9. The van der Waals surface area contributed by atoms with Crippen molar-refractivity contribution in [1.82, 2.24) is 19.6 Å². The van der Waals surface area contributed by atoms with E-state index in [-0.39, 0.29) is 11.7 Å². The van der Waals surface area contributed by atoms with Gasteiger partial charge in [0.25, 0.3) is 0 Å². The summed E-state index contributed by atoms with van der Waals surface area (Å²) in [6.45, 7) is 9.78. The maximum Gasteiger partial charge on any atom is 0.249 e. The summed E-state index contributed by atoms with van der Waals surface area (Å²) in [5.74, 6) is -0.452. The molecule has 0 aliphatic rings. The minimum Gasteiger partial charge on any atom is -0.321 e. The van der Waals surface area contributed by atoms with Gasteiger partial charge in [-0.3, -0.25) is 14.2 Å². The Morgan fingerprint density at radius 1 is 1.18 bits per heavy atom. The van der Waals surface area contributed by atoms with Gasteiger partial charge in [-0.2, -0.15) is 10.2 Å². The summed E-state index contributed by atoms with van der Waals surface area (Å²) in [5.41, 5.74) is 4.75. The molecule has 148 valence electrons. The van der Waals surface area contributed by atoms with Gasteiger partial charge in [-0.05, 0) is 68.2 Å². The Kier molecular flexibility index (Phi) is 5.69. The molecule has 2 aromatic heterocycles. The van der Waals surface area contributed by atoms with Crippen molar-refractivity contribution >= 4 is 27.5 Å². The number of aromatic nitrogens is 4. The van der Waals surface area contributed by atoms with E-state index < -0.39 is 6.04 Å². The zero-order valence-corrected chi connectivity index (χ0v) is 18.1. The van der Waals surface area contributed by atoms with Crippen LogP contribution in [0.4, 0.5) is 10.1 Å². The van der Waals surface area contributed by atoms with Crippen LogP contribution in [0.2, 0.25) is 0 Å². The number of benzene rings is 1. The standard InChI is InChI=1S/C20H23BrFN5O/c1-11-18(21)13(3)27(25-11)15(5)20(28)23-19-12(2)24-26(14(19)4)10-16-7-6-8-17(22)9-16/h6-9,15H,10H2,1-5H3,(H,23,28). The highest BCUT2D eigenvalue weighted by atomic mass is 79.9. The SMILES string of the molecule is Cc1nn(C(C)C(=O)Nc2c(C)nn(Cc3cccc(F)c3)c2C)c(C)c1Br. The number of carbonyl (C=O) groups is 1. The lowest BCUT2D eigenvalue weighted by atomic mass is 10.2. The van der Waals surface area contributed by atoms with Crippen molar-refractivity contribution < 1.29 is 9.18 Å². The van der Waals surface area contributed by atoms with Gasteiger partial charge in [0, 0.05) is 0 Å². The predicted molar refractivity (Wildman–Crippen MR) is 110 cm³/mol. The van der Waals surface area contributed by atoms with Crippen LogP contribution in [-0.2, 0) is 11.3 Å². The molecule has 28 heavy (non-hydrogen) atoms. The lowest BCUT2D eigenvalue weighted by molar-refractivity contribution is -0.119. The van der Waals surface area contributed by atoms with Crippen LogP contribution in [-0.4, -0.2) is 25.5 Å². The third-order valence-corrected chi connectivity index (χ3v) is 5.98. The monoisotopic (exact) mass is 447 g/mol. The average molecular weight is 448 g/mol. The molecule has 0 saturated heterocycles. The van der Waals surface area contributed by atoms with Gasteiger partial charge in [0.2, 0.25) is 5.91 Å². The van der Waals surface area contributed by atoms with E-state index in [9.17, 15) is 9.18 Å². The van der Waals surface area contributed by atoms with Crippen LogP contribution < -0.4 is 5.32 Å². The molecule has 1 aromatic carbocycles. The second kappa shape index (κ2) is 7.87. The molecule has 8 heteroatoms. The quantitative estimate of drug-likeness (QED) is 0.627. The van der Waals surface area contributed by atoms with E-state index in [0.717, 1.165) is 27.1 Å². The van der Waals surface area contributed by atoms with E-state index in [1.165, 1.54) is 12.1 Å². The highest BCUT2D eigenvalue weighted by Gasteiger charge is 2.23. The zero-order valence-electron chi connectivity index (χ0n) is 16.5. The number of carbonyl (C=O) groups excluding carboxylic acids is 1. The van der Waals surface area contributed by atoms with Crippen LogP contribution in [0.15, 0.2) is 28.7 Å². The van der Waals surface area contributed by atoms with Gasteiger partial charge in [-0.15, -0.1) is 0 Å². The second-order valence-corrected chi connectivity index (χ2v) is 7.72. The van der Waals surface area contributed by atoms with Gasteiger partial charge >= 0.3 is 0 Å². The Morgan fingerprint density at radius 2 is 1.89 bits per heavy atom. The summed E-state index contributed by atoms with van der Waals surface area (Å²) in [4.78, 5) is 12.8. The van der Waals surface area contributed by atoms with E-state index in [1.54, 1.807) is 15.4 Å². The average Bonchev–Trinajstić information content (AvgIpc) is 3.05. The largest absolute Gasteiger partial charge is 0.321 e. The first kappa shape index (κ1) is 20.3. The van der Waals surface area contributed by atoms with Gasteiger partial charge in [0.1, 0.15) is 11.9 Å². The molecule has 1 amide bonds. The van der Waals surface area contributed by atoms with Gasteiger partial charge in [-0.25, -0.2) is 4.39 Å². The molecule has 0 aliphatic carbocycles. The molecule has 3 aromatic rings. The topological polar surface area (TPSA) is 64.7 Å². The number of aryl methyl sites for hydroxylation is 2. The van der Waals surface area contributed by atoms with Crippen LogP contribution in [0.5, 0.6) is 0 Å². The summed E-state index contributed by atoms with van der Waals surface area (Å²) in [7, 11) is 0. The molecule has 0 radical (unpaired) electrons.